The maximum atomic E-state index is 5.45. The molecule has 0 bridgehead atoms. The van der Waals surface area contributed by atoms with Crippen LogP contribution in [0.5, 0.6) is 5.75 Å². The second kappa shape index (κ2) is 8.07. The van der Waals surface area contributed by atoms with E-state index in [1.165, 1.54) is 0 Å². The van der Waals surface area contributed by atoms with Crippen molar-refractivity contribution >= 4 is 0 Å². The van der Waals surface area contributed by atoms with Crippen LogP contribution in [0.3, 0.4) is 0 Å². The summed E-state index contributed by atoms with van der Waals surface area (Å²) in [5, 5.41) is 3.24. The molecule has 90 valence electrons. The molecule has 0 aromatic carbocycles. The lowest BCUT2D eigenvalue weighted by molar-refractivity contribution is 0.199. The lowest BCUT2D eigenvalue weighted by Crippen LogP contribution is -2.19. The van der Waals surface area contributed by atoms with Gasteiger partial charge in [0.05, 0.1) is 25.1 Å². The van der Waals surface area contributed by atoms with Gasteiger partial charge in [0.25, 0.3) is 0 Å². The smallest absolute Gasteiger partial charge is 0.137 e. The van der Waals surface area contributed by atoms with Gasteiger partial charge in [-0.1, -0.05) is 6.92 Å². The lowest BCUT2D eigenvalue weighted by atomic mass is 10.3. The van der Waals surface area contributed by atoms with E-state index in [1.54, 1.807) is 13.3 Å². The van der Waals surface area contributed by atoms with Crippen LogP contribution in [-0.2, 0) is 11.3 Å². The molecule has 0 saturated carbocycles. The van der Waals surface area contributed by atoms with Crippen LogP contribution < -0.4 is 10.1 Å². The predicted octanol–water partition coefficient (Wildman–Crippen LogP) is 1.61. The summed E-state index contributed by atoms with van der Waals surface area (Å²) in [5.74, 6) is 0.836. The van der Waals surface area contributed by atoms with Gasteiger partial charge in [-0.05, 0) is 18.6 Å². The zero-order valence-electron chi connectivity index (χ0n) is 10.0. The molecule has 0 fully saturated rings. The van der Waals surface area contributed by atoms with Crippen molar-refractivity contribution in [1.29, 1.82) is 0 Å². The van der Waals surface area contributed by atoms with E-state index < -0.39 is 0 Å². The van der Waals surface area contributed by atoms with Crippen LogP contribution >= 0.6 is 0 Å². The van der Waals surface area contributed by atoms with Crippen molar-refractivity contribution in [3.05, 3.63) is 24.0 Å². The normalized spacial score (nSPS) is 10.4. The van der Waals surface area contributed by atoms with Gasteiger partial charge in [-0.2, -0.15) is 0 Å². The fourth-order valence-corrected chi connectivity index (χ4v) is 1.21. The molecule has 0 aliphatic heterocycles. The van der Waals surface area contributed by atoms with Gasteiger partial charge in [-0.3, -0.25) is 4.98 Å². The Kier molecular flexibility index (Phi) is 6.53. The van der Waals surface area contributed by atoms with Crippen molar-refractivity contribution in [2.24, 2.45) is 0 Å². The first-order valence-corrected chi connectivity index (χ1v) is 5.64. The second-order valence-electron chi connectivity index (χ2n) is 3.50. The van der Waals surface area contributed by atoms with Gasteiger partial charge in [0.2, 0.25) is 0 Å². The molecule has 0 aliphatic carbocycles. The first-order valence-electron chi connectivity index (χ1n) is 5.64. The van der Waals surface area contributed by atoms with Gasteiger partial charge in [0, 0.05) is 20.2 Å². The van der Waals surface area contributed by atoms with E-state index >= 15 is 0 Å². The number of nitrogens with zero attached hydrogens (tertiary/aromatic N) is 1. The van der Waals surface area contributed by atoms with Crippen LogP contribution in [0.25, 0.3) is 0 Å². The van der Waals surface area contributed by atoms with E-state index in [2.05, 4.69) is 17.2 Å². The van der Waals surface area contributed by atoms with Gasteiger partial charge < -0.3 is 14.8 Å². The molecule has 4 heteroatoms. The van der Waals surface area contributed by atoms with Crippen LogP contribution in [0, 0.1) is 0 Å². The van der Waals surface area contributed by atoms with Crippen molar-refractivity contribution in [2.75, 3.05) is 26.9 Å². The molecule has 0 amide bonds. The highest BCUT2D eigenvalue weighted by molar-refractivity contribution is 5.19. The summed E-state index contributed by atoms with van der Waals surface area (Å²) in [7, 11) is 1.69. The van der Waals surface area contributed by atoms with Crippen LogP contribution in [0.2, 0.25) is 0 Å². The Morgan fingerprint density at radius 1 is 1.31 bits per heavy atom. The Hall–Kier alpha value is -1.13. The van der Waals surface area contributed by atoms with E-state index in [-0.39, 0.29) is 0 Å². The minimum atomic E-state index is 0.720. The van der Waals surface area contributed by atoms with Crippen LogP contribution in [0.4, 0.5) is 0 Å². The van der Waals surface area contributed by atoms with Gasteiger partial charge in [0.1, 0.15) is 5.75 Å². The zero-order chi connectivity index (χ0) is 11.6. The molecule has 1 aromatic heterocycles. The summed E-state index contributed by atoms with van der Waals surface area (Å²) in [4.78, 5) is 4.30. The molecular weight excluding hydrogens is 204 g/mol. The zero-order valence-corrected chi connectivity index (χ0v) is 10.0. The van der Waals surface area contributed by atoms with Crippen LogP contribution in [0.15, 0.2) is 18.3 Å². The van der Waals surface area contributed by atoms with E-state index in [0.29, 0.717) is 0 Å². The fraction of sp³-hybridized carbons (Fsp3) is 0.583. The standard InChI is InChI=1S/C12H20N2O2/c1-3-7-16-12-5-4-11(14-10-12)9-13-6-8-15-2/h4-5,10,13H,3,6-9H2,1-2H3. The molecule has 1 aromatic rings. The summed E-state index contributed by atoms with van der Waals surface area (Å²) in [6, 6.07) is 3.93. The number of methoxy groups -OCH3 is 1. The van der Waals surface area contributed by atoms with Crippen molar-refractivity contribution in [2.45, 2.75) is 19.9 Å². The molecule has 0 spiro atoms. The average molecular weight is 224 g/mol. The third-order valence-electron chi connectivity index (χ3n) is 2.06. The molecular formula is C12H20N2O2. The third-order valence-corrected chi connectivity index (χ3v) is 2.06. The van der Waals surface area contributed by atoms with Gasteiger partial charge in [-0.25, -0.2) is 0 Å². The fourth-order valence-electron chi connectivity index (χ4n) is 1.21. The Morgan fingerprint density at radius 2 is 2.19 bits per heavy atom. The lowest BCUT2D eigenvalue weighted by Gasteiger charge is -2.06. The maximum Gasteiger partial charge on any atom is 0.137 e. The minimum Gasteiger partial charge on any atom is -0.492 e. The van der Waals surface area contributed by atoms with Crippen molar-refractivity contribution in [3.63, 3.8) is 0 Å². The highest BCUT2D eigenvalue weighted by Gasteiger charge is 1.96. The average Bonchev–Trinajstić information content (AvgIpc) is 2.33. The Labute approximate surface area is 97.0 Å². The van der Waals surface area contributed by atoms with Crippen molar-refractivity contribution < 1.29 is 9.47 Å². The number of pyridine rings is 1. The molecule has 0 aliphatic rings. The largest absolute Gasteiger partial charge is 0.492 e. The number of hydrogen-bond donors (Lipinski definition) is 1. The van der Waals surface area contributed by atoms with Gasteiger partial charge in [-0.15, -0.1) is 0 Å². The topological polar surface area (TPSA) is 43.4 Å². The number of rotatable bonds is 8. The first kappa shape index (κ1) is 12.9. The summed E-state index contributed by atoms with van der Waals surface area (Å²) in [6.07, 6.45) is 2.78. The van der Waals surface area contributed by atoms with E-state index in [4.69, 9.17) is 9.47 Å². The molecule has 0 saturated heterocycles. The second-order valence-corrected chi connectivity index (χ2v) is 3.50. The van der Waals surface area contributed by atoms with E-state index in [1.807, 2.05) is 12.1 Å². The summed E-state index contributed by atoms with van der Waals surface area (Å²) >= 11 is 0. The quantitative estimate of drug-likeness (QED) is 0.681. The highest BCUT2D eigenvalue weighted by Crippen LogP contribution is 2.09. The molecule has 4 nitrogen and oxygen atoms in total. The number of hydrogen-bond acceptors (Lipinski definition) is 4. The highest BCUT2D eigenvalue weighted by atomic mass is 16.5. The number of nitrogens with one attached hydrogen (secondary N) is 1. The van der Waals surface area contributed by atoms with Crippen molar-refractivity contribution in [3.8, 4) is 5.75 Å². The SMILES string of the molecule is CCCOc1ccc(CNCCOC)nc1. The summed E-state index contributed by atoms with van der Waals surface area (Å²) < 4.78 is 10.4. The molecule has 0 unspecified atom stereocenters. The maximum absolute atomic E-state index is 5.45. The molecule has 1 heterocycles. The summed E-state index contributed by atoms with van der Waals surface area (Å²) in [6.45, 7) is 5.15. The Morgan fingerprint density at radius 3 is 2.81 bits per heavy atom. The monoisotopic (exact) mass is 224 g/mol. The number of ether oxygens (including phenoxy) is 2. The minimum absolute atomic E-state index is 0.720. The Bertz CT molecular complexity index is 275. The van der Waals surface area contributed by atoms with Crippen molar-refractivity contribution in [1.82, 2.24) is 10.3 Å². The van der Waals surface area contributed by atoms with E-state index in [0.717, 1.165) is 44.2 Å². The van der Waals surface area contributed by atoms with Gasteiger partial charge >= 0.3 is 0 Å². The third kappa shape index (κ3) is 5.09. The summed E-state index contributed by atoms with van der Waals surface area (Å²) in [5.41, 5.74) is 1.01. The van der Waals surface area contributed by atoms with Gasteiger partial charge in [0.15, 0.2) is 0 Å². The molecule has 16 heavy (non-hydrogen) atoms. The predicted molar refractivity (Wildman–Crippen MR) is 63.6 cm³/mol. The molecule has 1 N–H and O–H groups in total. The van der Waals surface area contributed by atoms with E-state index in [9.17, 15) is 0 Å². The number of aromatic nitrogens is 1. The molecule has 0 atom stereocenters. The van der Waals surface area contributed by atoms with Crippen LogP contribution in [0.1, 0.15) is 19.0 Å². The molecule has 1 rings (SSSR count). The first-order chi connectivity index (χ1) is 7.86. The molecule has 0 radical (unpaired) electrons. The van der Waals surface area contributed by atoms with Crippen LogP contribution in [-0.4, -0.2) is 31.9 Å². The Balaban J connectivity index is 2.27.